The number of carbonyl (C=O) groups excluding carboxylic acids is 2. The molecule has 1 aromatic rings. The Hall–Kier alpha value is -2.98. The van der Waals surface area contributed by atoms with Crippen molar-refractivity contribution in [3.63, 3.8) is 0 Å². The zero-order valence-electron chi connectivity index (χ0n) is 13.5. The van der Waals surface area contributed by atoms with E-state index >= 15 is 0 Å². The van der Waals surface area contributed by atoms with Crippen LogP contribution < -0.4 is 11.1 Å². The van der Waals surface area contributed by atoms with Crippen molar-refractivity contribution in [2.45, 2.75) is 19.3 Å². The normalized spacial score (nSPS) is 21.6. The Morgan fingerprint density at radius 1 is 1.52 bits per heavy atom. The van der Waals surface area contributed by atoms with E-state index in [9.17, 15) is 14.9 Å². The molecule has 0 saturated carbocycles. The van der Waals surface area contributed by atoms with Gasteiger partial charge in [0.25, 0.3) is 0 Å². The van der Waals surface area contributed by atoms with Crippen LogP contribution in [0.1, 0.15) is 19.4 Å². The van der Waals surface area contributed by atoms with Crippen LogP contribution in [0.2, 0.25) is 5.02 Å². The maximum Gasteiger partial charge on any atom is 0.339 e. The lowest BCUT2D eigenvalue weighted by Crippen LogP contribution is -2.45. The molecule has 8 heteroatoms. The van der Waals surface area contributed by atoms with Crippen LogP contribution in [0.5, 0.6) is 0 Å². The molecular weight excluding hydrogens is 346 g/mol. The highest BCUT2D eigenvalue weighted by Crippen LogP contribution is 2.54. The summed E-state index contributed by atoms with van der Waals surface area (Å²) in [5.74, 6) is -1.56. The summed E-state index contributed by atoms with van der Waals surface area (Å²) in [5.41, 5.74) is 4.43. The molecular formula is C17H14ClN3O4. The Bertz CT molecular complexity index is 913. The Balaban J connectivity index is 2.44. The largest absolute Gasteiger partial charge is 0.462 e. The molecule has 1 unspecified atom stereocenters. The van der Waals surface area contributed by atoms with E-state index in [-0.39, 0.29) is 40.0 Å². The fourth-order valence-corrected chi connectivity index (χ4v) is 3.61. The first-order valence-electron chi connectivity index (χ1n) is 7.46. The summed E-state index contributed by atoms with van der Waals surface area (Å²) in [6.07, 6.45) is 0. The Kier molecular flexibility index (Phi) is 3.93. The molecule has 3 N–H and O–H groups in total. The SMILES string of the molecule is CCOC(=O)C1=C(C)OC(N)=C(C#N)C12C(=O)Nc1cccc(Cl)c12. The van der Waals surface area contributed by atoms with Gasteiger partial charge in [0.15, 0.2) is 5.41 Å². The number of allylic oxidation sites excluding steroid dienone is 1. The first-order chi connectivity index (χ1) is 11.9. The fraction of sp³-hybridized carbons (Fsp3) is 0.235. The van der Waals surface area contributed by atoms with E-state index in [2.05, 4.69) is 5.32 Å². The van der Waals surface area contributed by atoms with Gasteiger partial charge in [0.1, 0.15) is 23.0 Å². The van der Waals surface area contributed by atoms with Gasteiger partial charge >= 0.3 is 5.97 Å². The summed E-state index contributed by atoms with van der Waals surface area (Å²) in [6.45, 7) is 3.20. The minimum absolute atomic E-state index is 0.0814. The molecule has 25 heavy (non-hydrogen) atoms. The number of hydrogen-bond donors (Lipinski definition) is 2. The van der Waals surface area contributed by atoms with E-state index in [0.717, 1.165) is 0 Å². The number of fused-ring (bicyclic) bond motifs is 2. The lowest BCUT2D eigenvalue weighted by Gasteiger charge is -2.34. The second kappa shape index (κ2) is 5.83. The molecule has 0 aromatic heterocycles. The van der Waals surface area contributed by atoms with Crippen molar-refractivity contribution in [3.8, 4) is 6.07 Å². The summed E-state index contributed by atoms with van der Waals surface area (Å²) >= 11 is 6.34. The van der Waals surface area contributed by atoms with E-state index in [1.54, 1.807) is 25.1 Å². The van der Waals surface area contributed by atoms with Crippen LogP contribution in [-0.2, 0) is 24.5 Å². The van der Waals surface area contributed by atoms with Gasteiger partial charge in [0.05, 0.1) is 6.61 Å². The minimum Gasteiger partial charge on any atom is -0.462 e. The summed E-state index contributed by atoms with van der Waals surface area (Å²) in [5, 5.41) is 12.6. The molecule has 1 spiro atoms. The van der Waals surface area contributed by atoms with Crippen LogP contribution in [0, 0.1) is 11.3 Å². The first-order valence-corrected chi connectivity index (χ1v) is 7.84. The highest BCUT2D eigenvalue weighted by Gasteiger charge is 2.60. The second-order valence-corrected chi connectivity index (χ2v) is 5.88. The number of rotatable bonds is 2. The monoisotopic (exact) mass is 359 g/mol. The van der Waals surface area contributed by atoms with Crippen molar-refractivity contribution in [1.82, 2.24) is 0 Å². The number of amides is 1. The van der Waals surface area contributed by atoms with E-state index in [1.807, 2.05) is 6.07 Å². The van der Waals surface area contributed by atoms with Crippen LogP contribution in [0.15, 0.2) is 41.0 Å². The number of carbonyl (C=O) groups is 2. The molecule has 0 radical (unpaired) electrons. The van der Waals surface area contributed by atoms with Gasteiger partial charge in [-0.1, -0.05) is 17.7 Å². The lowest BCUT2D eigenvalue weighted by molar-refractivity contribution is -0.140. The quantitative estimate of drug-likeness (QED) is 0.781. The maximum absolute atomic E-state index is 13.0. The van der Waals surface area contributed by atoms with Crippen LogP contribution in [0.3, 0.4) is 0 Å². The van der Waals surface area contributed by atoms with Crippen molar-refractivity contribution in [2.24, 2.45) is 5.73 Å². The molecule has 0 bridgehead atoms. The molecule has 1 atom stereocenters. The van der Waals surface area contributed by atoms with Crippen LogP contribution in [0.25, 0.3) is 0 Å². The maximum atomic E-state index is 13.0. The minimum atomic E-state index is -1.80. The highest BCUT2D eigenvalue weighted by atomic mass is 35.5. The van der Waals surface area contributed by atoms with Crippen LogP contribution in [-0.4, -0.2) is 18.5 Å². The van der Waals surface area contributed by atoms with Crippen LogP contribution >= 0.6 is 11.6 Å². The van der Waals surface area contributed by atoms with Crippen molar-refractivity contribution < 1.29 is 19.1 Å². The van der Waals surface area contributed by atoms with E-state index < -0.39 is 17.3 Å². The molecule has 128 valence electrons. The summed E-state index contributed by atoms with van der Waals surface area (Å²) in [4.78, 5) is 25.7. The Labute approximate surface area is 148 Å². The third-order valence-electron chi connectivity index (χ3n) is 4.18. The van der Waals surface area contributed by atoms with Crippen molar-refractivity contribution in [3.05, 3.63) is 51.6 Å². The lowest BCUT2D eigenvalue weighted by atomic mass is 9.68. The number of ether oxygens (including phenoxy) is 2. The van der Waals surface area contributed by atoms with Gasteiger partial charge in [0.2, 0.25) is 11.8 Å². The van der Waals surface area contributed by atoms with Crippen molar-refractivity contribution in [1.29, 1.82) is 5.26 Å². The van der Waals surface area contributed by atoms with Gasteiger partial charge < -0.3 is 20.5 Å². The van der Waals surface area contributed by atoms with E-state index in [1.165, 1.54) is 6.92 Å². The van der Waals surface area contributed by atoms with Gasteiger partial charge in [-0.05, 0) is 26.0 Å². The predicted molar refractivity (Wildman–Crippen MR) is 89.0 cm³/mol. The number of esters is 1. The smallest absolute Gasteiger partial charge is 0.339 e. The molecule has 2 aliphatic rings. The third-order valence-corrected chi connectivity index (χ3v) is 4.50. The van der Waals surface area contributed by atoms with E-state index in [4.69, 9.17) is 26.8 Å². The van der Waals surface area contributed by atoms with Crippen molar-refractivity contribution >= 4 is 29.2 Å². The number of halogens is 1. The summed E-state index contributed by atoms with van der Waals surface area (Å²) in [6, 6.07) is 6.76. The number of nitriles is 1. The predicted octanol–water partition coefficient (Wildman–Crippen LogP) is 2.09. The number of nitrogens with two attached hydrogens (primary N) is 1. The number of anilines is 1. The average Bonchev–Trinajstić information content (AvgIpc) is 2.82. The summed E-state index contributed by atoms with van der Waals surface area (Å²) in [7, 11) is 0. The molecule has 0 fully saturated rings. The highest BCUT2D eigenvalue weighted by molar-refractivity contribution is 6.34. The fourth-order valence-electron chi connectivity index (χ4n) is 3.30. The average molecular weight is 360 g/mol. The second-order valence-electron chi connectivity index (χ2n) is 5.47. The van der Waals surface area contributed by atoms with Gasteiger partial charge in [0, 0.05) is 16.3 Å². The molecule has 0 saturated heterocycles. The van der Waals surface area contributed by atoms with Gasteiger partial charge in [-0.25, -0.2) is 4.79 Å². The van der Waals surface area contributed by atoms with Gasteiger partial charge in [-0.3, -0.25) is 4.79 Å². The third kappa shape index (κ3) is 2.11. The van der Waals surface area contributed by atoms with Crippen LogP contribution in [0.4, 0.5) is 5.69 Å². The number of hydrogen-bond acceptors (Lipinski definition) is 6. The number of benzene rings is 1. The molecule has 3 rings (SSSR count). The number of nitrogens with zero attached hydrogens (tertiary/aromatic N) is 1. The topological polar surface area (TPSA) is 114 Å². The summed E-state index contributed by atoms with van der Waals surface area (Å²) < 4.78 is 10.4. The molecule has 2 aliphatic heterocycles. The zero-order chi connectivity index (χ0) is 18.4. The zero-order valence-corrected chi connectivity index (χ0v) is 14.2. The van der Waals surface area contributed by atoms with Gasteiger partial charge in [-0.2, -0.15) is 5.26 Å². The van der Waals surface area contributed by atoms with Gasteiger partial charge in [-0.15, -0.1) is 0 Å². The van der Waals surface area contributed by atoms with E-state index in [0.29, 0.717) is 5.69 Å². The molecule has 1 aromatic carbocycles. The molecule has 2 heterocycles. The first kappa shape index (κ1) is 16.9. The van der Waals surface area contributed by atoms with Crippen molar-refractivity contribution in [2.75, 3.05) is 11.9 Å². The molecule has 0 aliphatic carbocycles. The Morgan fingerprint density at radius 3 is 2.88 bits per heavy atom. The standard InChI is InChI=1S/C17H14ClN3O4/c1-3-24-15(22)12-8(2)25-14(20)9(7-19)17(12)13-10(18)5-4-6-11(13)21-16(17)23/h4-6H,3,20H2,1-2H3,(H,21,23). The molecule has 7 nitrogen and oxygen atoms in total. The Morgan fingerprint density at radius 2 is 2.24 bits per heavy atom. The molecule has 1 amide bonds. The number of nitrogens with one attached hydrogen (secondary N) is 1.